The van der Waals surface area contributed by atoms with Crippen molar-refractivity contribution in [1.82, 2.24) is 24.9 Å². The lowest BCUT2D eigenvalue weighted by Gasteiger charge is -2.15. The molecule has 0 radical (unpaired) electrons. The fraction of sp³-hybridized carbons (Fsp3) is 0.333. The van der Waals surface area contributed by atoms with E-state index in [0.29, 0.717) is 17.1 Å². The highest BCUT2D eigenvalue weighted by molar-refractivity contribution is 6.00. The van der Waals surface area contributed by atoms with Gasteiger partial charge in [0.15, 0.2) is 5.65 Å². The Labute approximate surface area is 141 Å². The van der Waals surface area contributed by atoms with Crippen LogP contribution in [0.25, 0.3) is 16.9 Å². The molecule has 0 saturated heterocycles. The molecule has 6 nitrogen and oxygen atoms in total. The summed E-state index contributed by atoms with van der Waals surface area (Å²) in [6.07, 6.45) is 7.67. The summed E-state index contributed by atoms with van der Waals surface area (Å²) in [4.78, 5) is 21.0. The lowest BCUT2D eigenvalue weighted by Crippen LogP contribution is -2.33. The Morgan fingerprint density at radius 1 is 1.21 bits per heavy atom. The number of pyridine rings is 1. The fourth-order valence-corrected chi connectivity index (χ4v) is 2.85. The molecule has 24 heavy (non-hydrogen) atoms. The number of hydrogen-bond donors (Lipinski definition) is 1. The van der Waals surface area contributed by atoms with Crippen molar-refractivity contribution in [3.8, 4) is 11.3 Å². The molecule has 0 spiro atoms. The second-order valence-electron chi connectivity index (χ2n) is 6.37. The molecule has 0 fully saturated rings. The Bertz CT molecular complexity index is 841. The zero-order chi connectivity index (χ0) is 17.1. The van der Waals surface area contributed by atoms with Crippen LogP contribution in [0.5, 0.6) is 0 Å². The van der Waals surface area contributed by atoms with Gasteiger partial charge in [-0.05, 0) is 37.5 Å². The summed E-state index contributed by atoms with van der Waals surface area (Å²) in [5.41, 5.74) is 2.80. The van der Waals surface area contributed by atoms with E-state index in [2.05, 4.69) is 34.2 Å². The summed E-state index contributed by atoms with van der Waals surface area (Å²) in [6, 6.07) is 5.79. The molecule has 124 valence electrons. The Morgan fingerprint density at radius 2 is 2.04 bits per heavy atom. The number of aromatic nitrogens is 4. The van der Waals surface area contributed by atoms with Crippen molar-refractivity contribution in [2.45, 2.75) is 33.2 Å². The second-order valence-corrected chi connectivity index (χ2v) is 6.37. The zero-order valence-electron chi connectivity index (χ0n) is 14.1. The van der Waals surface area contributed by atoms with E-state index in [1.807, 2.05) is 25.1 Å². The minimum Gasteiger partial charge on any atom is -0.349 e. The fourth-order valence-electron chi connectivity index (χ4n) is 2.85. The number of amides is 1. The maximum atomic E-state index is 12.5. The summed E-state index contributed by atoms with van der Waals surface area (Å²) < 4.78 is 1.68. The molecule has 1 N–H and O–H groups in total. The Balaban J connectivity index is 1.93. The van der Waals surface area contributed by atoms with E-state index in [4.69, 9.17) is 0 Å². The molecule has 3 aromatic rings. The quantitative estimate of drug-likeness (QED) is 0.783. The number of carbonyl (C=O) groups is 1. The molecule has 0 aromatic carbocycles. The average molecular weight is 323 g/mol. The van der Waals surface area contributed by atoms with Gasteiger partial charge in [0, 0.05) is 30.2 Å². The highest BCUT2D eigenvalue weighted by Gasteiger charge is 2.18. The minimum absolute atomic E-state index is 0.106. The average Bonchev–Trinajstić information content (AvgIpc) is 2.99. The molecule has 3 rings (SSSR count). The van der Waals surface area contributed by atoms with Crippen molar-refractivity contribution in [3.05, 3.63) is 48.5 Å². The molecule has 1 amide bonds. The molecule has 6 heteroatoms. The Kier molecular flexibility index (Phi) is 4.55. The summed E-state index contributed by atoms with van der Waals surface area (Å²) in [6.45, 7) is 6.29. The normalized spacial score (nSPS) is 12.5. The lowest BCUT2D eigenvalue weighted by molar-refractivity contribution is 0.0937. The summed E-state index contributed by atoms with van der Waals surface area (Å²) in [7, 11) is 0. The van der Waals surface area contributed by atoms with Gasteiger partial charge in [-0.1, -0.05) is 13.8 Å². The Hall–Kier alpha value is -2.76. The van der Waals surface area contributed by atoms with Gasteiger partial charge in [0.2, 0.25) is 0 Å². The maximum Gasteiger partial charge on any atom is 0.256 e. The third kappa shape index (κ3) is 3.27. The molecule has 0 bridgehead atoms. The number of rotatable bonds is 5. The maximum absolute atomic E-state index is 12.5. The van der Waals surface area contributed by atoms with Crippen LogP contribution in [0.2, 0.25) is 0 Å². The largest absolute Gasteiger partial charge is 0.349 e. The SMILES string of the molecule is CC(C)C[C@@H](C)NC(=O)c1cnn2c(-c3cccnc3)ccnc12. The molecular weight excluding hydrogens is 302 g/mol. The number of nitrogens with one attached hydrogen (secondary N) is 1. The highest BCUT2D eigenvalue weighted by atomic mass is 16.1. The van der Waals surface area contributed by atoms with Gasteiger partial charge in [-0.2, -0.15) is 5.10 Å². The third-order valence-electron chi connectivity index (χ3n) is 3.81. The summed E-state index contributed by atoms with van der Waals surface area (Å²) in [5.74, 6) is 0.383. The van der Waals surface area contributed by atoms with Crippen LogP contribution in [0.3, 0.4) is 0 Å². The van der Waals surface area contributed by atoms with Gasteiger partial charge in [-0.25, -0.2) is 9.50 Å². The van der Waals surface area contributed by atoms with E-state index in [9.17, 15) is 4.79 Å². The number of hydrogen-bond acceptors (Lipinski definition) is 4. The van der Waals surface area contributed by atoms with Gasteiger partial charge in [0.1, 0.15) is 5.56 Å². The molecule has 0 unspecified atom stereocenters. The van der Waals surface area contributed by atoms with E-state index >= 15 is 0 Å². The van der Waals surface area contributed by atoms with E-state index in [1.54, 1.807) is 29.3 Å². The van der Waals surface area contributed by atoms with Crippen LogP contribution in [-0.4, -0.2) is 31.5 Å². The number of carbonyl (C=O) groups excluding carboxylic acids is 1. The van der Waals surface area contributed by atoms with E-state index in [-0.39, 0.29) is 11.9 Å². The molecule has 1 atom stereocenters. The van der Waals surface area contributed by atoms with Crippen molar-refractivity contribution >= 4 is 11.6 Å². The zero-order valence-corrected chi connectivity index (χ0v) is 14.1. The van der Waals surface area contributed by atoms with Crippen molar-refractivity contribution < 1.29 is 4.79 Å². The first-order valence-corrected chi connectivity index (χ1v) is 8.10. The first kappa shape index (κ1) is 16.1. The molecule has 0 aliphatic rings. The number of fused-ring (bicyclic) bond motifs is 1. The molecule has 3 aromatic heterocycles. The number of nitrogens with zero attached hydrogens (tertiary/aromatic N) is 4. The van der Waals surface area contributed by atoms with E-state index in [1.165, 1.54) is 0 Å². The molecular formula is C18H21N5O. The van der Waals surface area contributed by atoms with Crippen LogP contribution in [0.4, 0.5) is 0 Å². The molecule has 0 aliphatic carbocycles. The first-order valence-electron chi connectivity index (χ1n) is 8.10. The van der Waals surface area contributed by atoms with Gasteiger partial charge >= 0.3 is 0 Å². The minimum atomic E-state index is -0.144. The van der Waals surface area contributed by atoms with E-state index in [0.717, 1.165) is 17.7 Å². The van der Waals surface area contributed by atoms with Gasteiger partial charge in [0.25, 0.3) is 5.91 Å². The summed E-state index contributed by atoms with van der Waals surface area (Å²) >= 11 is 0. The molecule has 3 heterocycles. The van der Waals surface area contributed by atoms with Gasteiger partial charge < -0.3 is 5.32 Å². The second kappa shape index (κ2) is 6.78. The van der Waals surface area contributed by atoms with Crippen LogP contribution in [0, 0.1) is 5.92 Å². The van der Waals surface area contributed by atoms with Crippen molar-refractivity contribution in [2.75, 3.05) is 0 Å². The smallest absolute Gasteiger partial charge is 0.256 e. The van der Waals surface area contributed by atoms with Crippen LogP contribution < -0.4 is 5.32 Å². The van der Waals surface area contributed by atoms with Crippen molar-refractivity contribution in [2.24, 2.45) is 5.92 Å². The van der Waals surface area contributed by atoms with E-state index < -0.39 is 0 Å². The molecule has 0 saturated carbocycles. The van der Waals surface area contributed by atoms with Gasteiger partial charge in [-0.3, -0.25) is 9.78 Å². The van der Waals surface area contributed by atoms with Crippen LogP contribution >= 0.6 is 0 Å². The van der Waals surface area contributed by atoms with Gasteiger partial charge in [-0.15, -0.1) is 0 Å². The molecule has 0 aliphatic heterocycles. The highest BCUT2D eigenvalue weighted by Crippen LogP contribution is 2.20. The van der Waals surface area contributed by atoms with Crippen LogP contribution in [-0.2, 0) is 0 Å². The van der Waals surface area contributed by atoms with Crippen molar-refractivity contribution in [3.63, 3.8) is 0 Å². The lowest BCUT2D eigenvalue weighted by atomic mass is 10.1. The predicted octanol–water partition coefficient (Wildman–Crippen LogP) is 2.96. The van der Waals surface area contributed by atoms with Crippen molar-refractivity contribution in [1.29, 1.82) is 0 Å². The third-order valence-corrected chi connectivity index (χ3v) is 3.81. The van der Waals surface area contributed by atoms with Gasteiger partial charge in [0.05, 0.1) is 11.9 Å². The predicted molar refractivity (Wildman–Crippen MR) is 92.6 cm³/mol. The monoisotopic (exact) mass is 323 g/mol. The Morgan fingerprint density at radius 3 is 2.75 bits per heavy atom. The standard InChI is InChI=1S/C18H21N5O/c1-12(2)9-13(3)22-18(24)15-11-21-23-16(6-8-20-17(15)23)14-5-4-7-19-10-14/h4-8,10-13H,9H2,1-3H3,(H,22,24)/t13-/m1/s1. The van der Waals surface area contributed by atoms with Crippen LogP contribution in [0.1, 0.15) is 37.6 Å². The first-order chi connectivity index (χ1) is 11.6. The summed E-state index contributed by atoms with van der Waals surface area (Å²) in [5, 5.41) is 7.37. The topological polar surface area (TPSA) is 72.2 Å². The van der Waals surface area contributed by atoms with Crippen LogP contribution in [0.15, 0.2) is 43.0 Å².